The first kappa shape index (κ1) is 16.2. The van der Waals surface area contributed by atoms with Crippen LogP contribution >= 0.6 is 11.3 Å². The molecular weight excluding hydrogens is 310 g/mol. The van der Waals surface area contributed by atoms with Crippen molar-refractivity contribution in [3.63, 3.8) is 0 Å². The fourth-order valence-electron chi connectivity index (χ4n) is 2.15. The summed E-state index contributed by atoms with van der Waals surface area (Å²) in [6.45, 7) is 3.29. The molecule has 0 spiro atoms. The predicted octanol–water partition coefficient (Wildman–Crippen LogP) is 2.44. The fourth-order valence-corrected chi connectivity index (χ4v) is 5.09. The molecule has 1 unspecified atom stereocenters. The molecule has 21 heavy (non-hydrogen) atoms. The Balaban J connectivity index is 2.04. The third-order valence-electron chi connectivity index (χ3n) is 3.16. The SMILES string of the molecule is Cc1csc(CO)c1S(=O)(=O)NC(C)CCc1ccco1. The van der Waals surface area contributed by atoms with Gasteiger partial charge in [0.25, 0.3) is 0 Å². The molecule has 0 aliphatic heterocycles. The van der Waals surface area contributed by atoms with Crippen molar-refractivity contribution in [3.8, 4) is 0 Å². The van der Waals surface area contributed by atoms with Crippen LogP contribution in [0.4, 0.5) is 0 Å². The summed E-state index contributed by atoms with van der Waals surface area (Å²) in [6, 6.07) is 3.46. The Morgan fingerprint density at radius 1 is 1.48 bits per heavy atom. The second-order valence-corrected chi connectivity index (χ2v) is 7.58. The van der Waals surface area contributed by atoms with Gasteiger partial charge in [0.15, 0.2) is 0 Å². The largest absolute Gasteiger partial charge is 0.469 e. The van der Waals surface area contributed by atoms with Gasteiger partial charge >= 0.3 is 0 Å². The van der Waals surface area contributed by atoms with E-state index in [0.29, 0.717) is 23.3 Å². The molecule has 1 atom stereocenters. The Labute approximate surface area is 128 Å². The van der Waals surface area contributed by atoms with E-state index in [0.717, 1.165) is 5.76 Å². The van der Waals surface area contributed by atoms with Gasteiger partial charge in [0.1, 0.15) is 10.7 Å². The maximum absolute atomic E-state index is 12.4. The maximum atomic E-state index is 12.4. The van der Waals surface area contributed by atoms with Crippen LogP contribution in [-0.4, -0.2) is 19.6 Å². The molecule has 2 rings (SSSR count). The smallest absolute Gasteiger partial charge is 0.242 e. The first-order valence-corrected chi connectivity index (χ1v) is 9.03. The second-order valence-electron chi connectivity index (χ2n) is 4.97. The van der Waals surface area contributed by atoms with E-state index in [4.69, 9.17) is 4.42 Å². The van der Waals surface area contributed by atoms with Crippen LogP contribution in [0.25, 0.3) is 0 Å². The first-order valence-electron chi connectivity index (χ1n) is 6.66. The van der Waals surface area contributed by atoms with E-state index in [1.807, 2.05) is 19.1 Å². The van der Waals surface area contributed by atoms with Crippen molar-refractivity contribution < 1.29 is 17.9 Å². The number of furan rings is 1. The maximum Gasteiger partial charge on any atom is 0.242 e. The molecule has 116 valence electrons. The zero-order chi connectivity index (χ0) is 15.5. The Hall–Kier alpha value is -1.15. The number of hydrogen-bond acceptors (Lipinski definition) is 5. The topological polar surface area (TPSA) is 79.5 Å². The normalized spacial score (nSPS) is 13.5. The van der Waals surface area contributed by atoms with E-state index >= 15 is 0 Å². The van der Waals surface area contributed by atoms with E-state index in [2.05, 4.69) is 4.72 Å². The number of thiophene rings is 1. The van der Waals surface area contributed by atoms with Gasteiger partial charge in [-0.05, 0) is 43.3 Å². The number of rotatable bonds is 7. The number of aliphatic hydroxyl groups excluding tert-OH is 1. The molecule has 0 radical (unpaired) electrons. The summed E-state index contributed by atoms with van der Waals surface area (Å²) in [5.41, 5.74) is 0.662. The van der Waals surface area contributed by atoms with Crippen LogP contribution in [0.3, 0.4) is 0 Å². The Bertz CT molecular complexity index is 674. The predicted molar refractivity (Wildman–Crippen MR) is 81.8 cm³/mol. The van der Waals surface area contributed by atoms with Crippen LogP contribution in [0.1, 0.15) is 29.5 Å². The number of aliphatic hydroxyl groups is 1. The number of aryl methyl sites for hydroxylation is 2. The molecule has 0 aliphatic rings. The van der Waals surface area contributed by atoms with Crippen molar-refractivity contribution >= 4 is 21.4 Å². The van der Waals surface area contributed by atoms with Crippen LogP contribution in [0.2, 0.25) is 0 Å². The average molecular weight is 329 g/mol. The molecule has 2 aromatic rings. The standard InChI is InChI=1S/C14H19NO4S2/c1-10-9-20-13(8-16)14(10)21(17,18)15-11(2)5-6-12-4-3-7-19-12/h3-4,7,9,11,15-16H,5-6,8H2,1-2H3. The Morgan fingerprint density at radius 2 is 2.24 bits per heavy atom. The molecule has 5 nitrogen and oxygen atoms in total. The van der Waals surface area contributed by atoms with Gasteiger partial charge in [-0.15, -0.1) is 11.3 Å². The van der Waals surface area contributed by atoms with Gasteiger partial charge in [0, 0.05) is 12.5 Å². The molecule has 0 bridgehead atoms. The van der Waals surface area contributed by atoms with Crippen molar-refractivity contribution in [2.75, 3.05) is 0 Å². The van der Waals surface area contributed by atoms with Crippen molar-refractivity contribution in [1.82, 2.24) is 4.72 Å². The van der Waals surface area contributed by atoms with Gasteiger partial charge < -0.3 is 9.52 Å². The first-order chi connectivity index (χ1) is 9.94. The van der Waals surface area contributed by atoms with Gasteiger partial charge in [-0.2, -0.15) is 0 Å². The summed E-state index contributed by atoms with van der Waals surface area (Å²) < 4.78 is 32.7. The monoisotopic (exact) mass is 329 g/mol. The second kappa shape index (κ2) is 6.74. The van der Waals surface area contributed by atoms with E-state index in [1.165, 1.54) is 11.3 Å². The van der Waals surface area contributed by atoms with E-state index in [9.17, 15) is 13.5 Å². The molecule has 2 N–H and O–H groups in total. The van der Waals surface area contributed by atoms with Crippen molar-refractivity contribution in [1.29, 1.82) is 0 Å². The summed E-state index contributed by atoms with van der Waals surface area (Å²) in [4.78, 5) is 0.679. The van der Waals surface area contributed by atoms with Gasteiger partial charge in [-0.3, -0.25) is 0 Å². The summed E-state index contributed by atoms with van der Waals surface area (Å²) in [6.07, 6.45) is 2.92. The molecule has 0 aliphatic carbocycles. The lowest BCUT2D eigenvalue weighted by molar-refractivity contribution is 0.282. The van der Waals surface area contributed by atoms with Crippen molar-refractivity contribution in [2.24, 2.45) is 0 Å². The van der Waals surface area contributed by atoms with Gasteiger partial charge in [0.2, 0.25) is 10.0 Å². The molecule has 2 heterocycles. The van der Waals surface area contributed by atoms with Crippen molar-refractivity contribution in [3.05, 3.63) is 40.0 Å². The zero-order valence-electron chi connectivity index (χ0n) is 12.0. The molecule has 7 heteroatoms. The van der Waals surface area contributed by atoms with Gasteiger partial charge in [-0.25, -0.2) is 13.1 Å². The van der Waals surface area contributed by atoms with Crippen LogP contribution < -0.4 is 4.72 Å². The summed E-state index contributed by atoms with van der Waals surface area (Å²) in [5, 5.41) is 11.0. The highest BCUT2D eigenvalue weighted by Gasteiger charge is 2.24. The third kappa shape index (κ3) is 3.94. The summed E-state index contributed by atoms with van der Waals surface area (Å²) in [5.74, 6) is 0.837. The molecule has 0 fully saturated rings. The minimum absolute atomic E-state index is 0.208. The highest BCUT2D eigenvalue weighted by molar-refractivity contribution is 7.89. The molecule has 0 saturated carbocycles. The van der Waals surface area contributed by atoms with Crippen LogP contribution in [0, 0.1) is 6.92 Å². The minimum Gasteiger partial charge on any atom is -0.469 e. The average Bonchev–Trinajstić information content (AvgIpc) is 3.04. The quantitative estimate of drug-likeness (QED) is 0.818. The molecule has 0 saturated heterocycles. The van der Waals surface area contributed by atoms with E-state index in [1.54, 1.807) is 18.6 Å². The Kier molecular flexibility index (Phi) is 5.21. The number of hydrogen-bond donors (Lipinski definition) is 2. The lowest BCUT2D eigenvalue weighted by Crippen LogP contribution is -2.33. The lowest BCUT2D eigenvalue weighted by atomic mass is 10.2. The lowest BCUT2D eigenvalue weighted by Gasteiger charge is -2.14. The summed E-state index contributed by atoms with van der Waals surface area (Å²) in [7, 11) is -3.61. The van der Waals surface area contributed by atoms with Crippen LogP contribution in [0.15, 0.2) is 33.1 Å². The summed E-state index contributed by atoms with van der Waals surface area (Å²) >= 11 is 1.26. The van der Waals surface area contributed by atoms with E-state index < -0.39 is 10.0 Å². The highest BCUT2D eigenvalue weighted by atomic mass is 32.2. The number of nitrogens with one attached hydrogen (secondary N) is 1. The van der Waals surface area contributed by atoms with Gasteiger partial charge in [-0.1, -0.05) is 0 Å². The van der Waals surface area contributed by atoms with Crippen LogP contribution in [-0.2, 0) is 23.1 Å². The molecule has 2 aromatic heterocycles. The fraction of sp³-hybridized carbons (Fsp3) is 0.429. The molecular formula is C14H19NO4S2. The van der Waals surface area contributed by atoms with E-state index in [-0.39, 0.29) is 17.5 Å². The third-order valence-corrected chi connectivity index (χ3v) is 6.20. The zero-order valence-corrected chi connectivity index (χ0v) is 13.6. The van der Waals surface area contributed by atoms with Gasteiger partial charge in [0.05, 0.1) is 17.7 Å². The number of sulfonamides is 1. The molecule has 0 aromatic carbocycles. The minimum atomic E-state index is -3.61. The highest BCUT2D eigenvalue weighted by Crippen LogP contribution is 2.27. The van der Waals surface area contributed by atoms with Crippen molar-refractivity contribution in [2.45, 2.75) is 44.2 Å². The Morgan fingerprint density at radius 3 is 2.86 bits per heavy atom. The van der Waals surface area contributed by atoms with Crippen LogP contribution in [0.5, 0.6) is 0 Å². The molecule has 0 amide bonds.